The fourth-order valence-corrected chi connectivity index (χ4v) is 1.87. The van der Waals surface area contributed by atoms with E-state index in [4.69, 9.17) is 9.47 Å². The van der Waals surface area contributed by atoms with E-state index in [1.807, 2.05) is 6.92 Å². The van der Waals surface area contributed by atoms with Gasteiger partial charge in [-0.3, -0.25) is 9.59 Å². The van der Waals surface area contributed by atoms with E-state index in [9.17, 15) is 9.59 Å². The molecule has 0 aromatic rings. The first kappa shape index (κ1) is 15.9. The molecule has 110 valence electrons. The minimum atomic E-state index is -0.573. The predicted molar refractivity (Wildman–Crippen MR) is 70.7 cm³/mol. The highest BCUT2D eigenvalue weighted by molar-refractivity contribution is 5.89. The molecule has 0 bridgehead atoms. The van der Waals surface area contributed by atoms with Crippen molar-refractivity contribution in [3.63, 3.8) is 0 Å². The Morgan fingerprint density at radius 2 is 2.26 bits per heavy atom. The molecule has 2 atom stereocenters. The number of carbonyl (C=O) groups is 2. The van der Waals surface area contributed by atoms with Gasteiger partial charge in [-0.2, -0.15) is 0 Å². The van der Waals surface area contributed by atoms with Crippen LogP contribution in [0.25, 0.3) is 0 Å². The van der Waals surface area contributed by atoms with Crippen LogP contribution in [0.15, 0.2) is 0 Å². The number of hydrogen-bond acceptors (Lipinski definition) is 4. The van der Waals surface area contributed by atoms with Crippen molar-refractivity contribution in [3.8, 4) is 0 Å². The van der Waals surface area contributed by atoms with Crippen LogP contribution in [0.2, 0.25) is 0 Å². The highest BCUT2D eigenvalue weighted by atomic mass is 16.5. The van der Waals surface area contributed by atoms with Crippen molar-refractivity contribution in [2.75, 3.05) is 26.4 Å². The standard InChI is InChI=1S/C13H24N2O4/c1-3-18-8-9-19-10(2)12(16)15-11-6-4-5-7-14-13(11)17/h10-11H,3-9H2,1-2H3,(H,14,17)(H,15,16). The van der Waals surface area contributed by atoms with Gasteiger partial charge in [0.15, 0.2) is 0 Å². The molecule has 0 saturated carbocycles. The molecule has 1 fully saturated rings. The third kappa shape index (κ3) is 6.02. The van der Waals surface area contributed by atoms with Gasteiger partial charge in [-0.25, -0.2) is 0 Å². The lowest BCUT2D eigenvalue weighted by atomic mass is 10.1. The molecule has 19 heavy (non-hydrogen) atoms. The van der Waals surface area contributed by atoms with Gasteiger partial charge in [0.05, 0.1) is 13.2 Å². The largest absolute Gasteiger partial charge is 0.379 e. The first-order chi connectivity index (χ1) is 9.15. The molecular formula is C13H24N2O4. The summed E-state index contributed by atoms with van der Waals surface area (Å²) in [4.78, 5) is 23.6. The van der Waals surface area contributed by atoms with E-state index in [0.717, 1.165) is 12.8 Å². The average molecular weight is 272 g/mol. The van der Waals surface area contributed by atoms with Crippen molar-refractivity contribution in [1.29, 1.82) is 0 Å². The average Bonchev–Trinajstić information content (AvgIpc) is 2.60. The zero-order chi connectivity index (χ0) is 14.1. The summed E-state index contributed by atoms with van der Waals surface area (Å²) in [5.41, 5.74) is 0. The molecule has 1 saturated heterocycles. The SMILES string of the molecule is CCOCCOC(C)C(=O)NC1CCCCNC1=O. The van der Waals surface area contributed by atoms with E-state index in [1.165, 1.54) is 0 Å². The van der Waals surface area contributed by atoms with Gasteiger partial charge < -0.3 is 20.1 Å². The second kappa shape index (κ2) is 8.87. The lowest BCUT2D eigenvalue weighted by molar-refractivity contribution is -0.136. The Kier molecular flexibility index (Phi) is 7.43. The first-order valence-electron chi connectivity index (χ1n) is 6.92. The van der Waals surface area contributed by atoms with Gasteiger partial charge in [0.25, 0.3) is 0 Å². The van der Waals surface area contributed by atoms with Crippen LogP contribution in [0.4, 0.5) is 0 Å². The summed E-state index contributed by atoms with van der Waals surface area (Å²) in [6.07, 6.45) is 2.00. The van der Waals surface area contributed by atoms with Crippen LogP contribution in [0.1, 0.15) is 33.1 Å². The number of rotatable bonds is 7. The van der Waals surface area contributed by atoms with E-state index in [0.29, 0.717) is 32.8 Å². The molecule has 0 aliphatic carbocycles. The van der Waals surface area contributed by atoms with Crippen molar-refractivity contribution in [1.82, 2.24) is 10.6 Å². The van der Waals surface area contributed by atoms with Crippen LogP contribution >= 0.6 is 0 Å². The van der Waals surface area contributed by atoms with Gasteiger partial charge in [-0.15, -0.1) is 0 Å². The van der Waals surface area contributed by atoms with E-state index >= 15 is 0 Å². The van der Waals surface area contributed by atoms with Crippen LogP contribution in [0, 0.1) is 0 Å². The lowest BCUT2D eigenvalue weighted by Gasteiger charge is -2.18. The predicted octanol–water partition coefficient (Wildman–Crippen LogP) is 0.213. The van der Waals surface area contributed by atoms with E-state index in [1.54, 1.807) is 6.92 Å². The topological polar surface area (TPSA) is 76.7 Å². The molecule has 2 unspecified atom stereocenters. The second-order valence-corrected chi connectivity index (χ2v) is 4.56. The fourth-order valence-electron chi connectivity index (χ4n) is 1.87. The molecule has 0 aromatic carbocycles. The Morgan fingerprint density at radius 1 is 1.47 bits per heavy atom. The van der Waals surface area contributed by atoms with Crippen LogP contribution in [0.3, 0.4) is 0 Å². The molecule has 6 nitrogen and oxygen atoms in total. The molecule has 6 heteroatoms. The van der Waals surface area contributed by atoms with Crippen molar-refractivity contribution in [2.45, 2.75) is 45.3 Å². The number of hydrogen-bond donors (Lipinski definition) is 2. The summed E-state index contributed by atoms with van der Waals surface area (Å²) in [5.74, 6) is -0.356. The molecule has 0 radical (unpaired) electrons. The quantitative estimate of drug-likeness (QED) is 0.650. The van der Waals surface area contributed by atoms with Crippen molar-refractivity contribution < 1.29 is 19.1 Å². The fraction of sp³-hybridized carbons (Fsp3) is 0.846. The number of carbonyl (C=O) groups excluding carboxylic acids is 2. The van der Waals surface area contributed by atoms with Gasteiger partial charge in [-0.1, -0.05) is 0 Å². The Morgan fingerprint density at radius 3 is 3.00 bits per heavy atom. The Hall–Kier alpha value is -1.14. The van der Waals surface area contributed by atoms with Crippen LogP contribution in [-0.2, 0) is 19.1 Å². The Labute approximate surface area is 114 Å². The molecule has 2 N–H and O–H groups in total. The van der Waals surface area contributed by atoms with E-state index in [-0.39, 0.29) is 11.8 Å². The summed E-state index contributed by atoms with van der Waals surface area (Å²) in [6, 6.07) is -0.437. The number of amides is 2. The number of ether oxygens (including phenoxy) is 2. The highest BCUT2D eigenvalue weighted by Crippen LogP contribution is 2.06. The van der Waals surface area contributed by atoms with Crippen LogP contribution in [0.5, 0.6) is 0 Å². The zero-order valence-corrected chi connectivity index (χ0v) is 11.7. The molecule has 0 aromatic heterocycles. The minimum Gasteiger partial charge on any atom is -0.379 e. The van der Waals surface area contributed by atoms with Crippen LogP contribution < -0.4 is 10.6 Å². The molecule has 2 amide bonds. The van der Waals surface area contributed by atoms with Crippen molar-refractivity contribution in [2.24, 2.45) is 0 Å². The van der Waals surface area contributed by atoms with Crippen molar-refractivity contribution >= 4 is 11.8 Å². The van der Waals surface area contributed by atoms with Gasteiger partial charge in [0, 0.05) is 13.2 Å². The maximum absolute atomic E-state index is 11.9. The smallest absolute Gasteiger partial charge is 0.249 e. The van der Waals surface area contributed by atoms with E-state index in [2.05, 4.69) is 10.6 Å². The first-order valence-corrected chi connectivity index (χ1v) is 6.92. The third-order valence-electron chi connectivity index (χ3n) is 3.02. The summed E-state index contributed by atoms with van der Waals surface area (Å²) in [6.45, 7) is 5.74. The zero-order valence-electron chi connectivity index (χ0n) is 11.7. The van der Waals surface area contributed by atoms with E-state index < -0.39 is 12.1 Å². The molecule has 0 spiro atoms. The Balaban J connectivity index is 2.29. The lowest BCUT2D eigenvalue weighted by Crippen LogP contribution is -2.48. The minimum absolute atomic E-state index is 0.104. The summed E-state index contributed by atoms with van der Waals surface area (Å²) >= 11 is 0. The van der Waals surface area contributed by atoms with Crippen LogP contribution in [-0.4, -0.2) is 50.3 Å². The van der Waals surface area contributed by atoms with Gasteiger partial charge in [-0.05, 0) is 33.1 Å². The maximum Gasteiger partial charge on any atom is 0.249 e. The molecule has 1 rings (SSSR count). The normalized spacial score (nSPS) is 21.4. The number of nitrogens with one attached hydrogen (secondary N) is 2. The monoisotopic (exact) mass is 272 g/mol. The third-order valence-corrected chi connectivity index (χ3v) is 3.02. The molecular weight excluding hydrogens is 248 g/mol. The molecule has 1 aliphatic rings. The van der Waals surface area contributed by atoms with Gasteiger partial charge >= 0.3 is 0 Å². The summed E-state index contributed by atoms with van der Waals surface area (Å²) in [5, 5.41) is 5.52. The van der Waals surface area contributed by atoms with Gasteiger partial charge in [0.2, 0.25) is 11.8 Å². The Bertz CT molecular complexity index is 296. The van der Waals surface area contributed by atoms with Crippen molar-refractivity contribution in [3.05, 3.63) is 0 Å². The maximum atomic E-state index is 11.9. The molecule has 1 heterocycles. The van der Waals surface area contributed by atoms with Gasteiger partial charge in [0.1, 0.15) is 12.1 Å². The second-order valence-electron chi connectivity index (χ2n) is 4.56. The summed E-state index contributed by atoms with van der Waals surface area (Å²) < 4.78 is 10.5. The highest BCUT2D eigenvalue weighted by Gasteiger charge is 2.24. The molecule has 1 aliphatic heterocycles. The summed E-state index contributed by atoms with van der Waals surface area (Å²) in [7, 11) is 0.